The van der Waals surface area contributed by atoms with Crippen molar-refractivity contribution in [1.29, 1.82) is 0 Å². The van der Waals surface area contributed by atoms with Crippen LogP contribution < -0.4 is 5.32 Å². The van der Waals surface area contributed by atoms with Crippen molar-refractivity contribution in [2.24, 2.45) is 0 Å². The average molecular weight is 410 g/mol. The number of hydrogen-bond donors (Lipinski definition) is 1. The number of aromatic nitrogens is 2. The maximum absolute atomic E-state index is 12.6. The minimum Gasteiger partial charge on any atom is -0.451 e. The van der Waals surface area contributed by atoms with E-state index in [-0.39, 0.29) is 5.91 Å². The summed E-state index contributed by atoms with van der Waals surface area (Å²) in [6.07, 6.45) is 0. The minimum absolute atomic E-state index is 0.308. The number of fused-ring (bicyclic) bond motifs is 1. The second-order valence-electron chi connectivity index (χ2n) is 6.66. The Balaban J connectivity index is 1.45. The molecular weight excluding hydrogens is 390 g/mol. The molecule has 0 radical (unpaired) electrons. The molecular formula is C21H19N3O2S2. The molecule has 1 amide bonds. The van der Waals surface area contributed by atoms with Crippen molar-refractivity contribution >= 4 is 45.1 Å². The molecule has 2 aromatic heterocycles. The lowest BCUT2D eigenvalue weighted by Gasteiger charge is -2.00. The highest BCUT2D eigenvalue weighted by atomic mass is 32.2. The summed E-state index contributed by atoms with van der Waals surface area (Å²) in [5.41, 5.74) is 5.14. The van der Waals surface area contributed by atoms with Crippen LogP contribution in [0.1, 0.15) is 32.8 Å². The first-order chi connectivity index (χ1) is 13.5. The fourth-order valence-electron chi connectivity index (χ4n) is 2.97. The molecule has 2 heterocycles. The topological polar surface area (TPSA) is 68.0 Å². The number of rotatable bonds is 5. The number of thioether (sulfide) groups is 1. The van der Waals surface area contributed by atoms with E-state index in [4.69, 9.17) is 4.42 Å². The number of carbonyl (C=O) groups is 1. The number of furan rings is 1. The van der Waals surface area contributed by atoms with Crippen molar-refractivity contribution in [3.63, 3.8) is 0 Å². The summed E-state index contributed by atoms with van der Waals surface area (Å²) in [5, 5.41) is 12.5. The molecule has 2 aromatic carbocycles. The summed E-state index contributed by atoms with van der Waals surface area (Å²) in [7, 11) is 0. The van der Waals surface area contributed by atoms with E-state index >= 15 is 0 Å². The third-order valence-electron chi connectivity index (χ3n) is 4.37. The fourth-order valence-corrected chi connectivity index (χ4v) is 4.66. The van der Waals surface area contributed by atoms with E-state index < -0.39 is 0 Å². The number of nitrogens with zero attached hydrogens (tertiary/aromatic N) is 2. The Morgan fingerprint density at radius 1 is 1.11 bits per heavy atom. The zero-order valence-corrected chi connectivity index (χ0v) is 17.4. The van der Waals surface area contributed by atoms with Crippen LogP contribution in [0.15, 0.2) is 51.2 Å². The molecule has 0 spiro atoms. The van der Waals surface area contributed by atoms with Crippen molar-refractivity contribution in [1.82, 2.24) is 10.2 Å². The van der Waals surface area contributed by atoms with Gasteiger partial charge in [-0.25, -0.2) is 0 Å². The van der Waals surface area contributed by atoms with Gasteiger partial charge in [0.05, 0.1) is 0 Å². The smallest absolute Gasteiger partial charge is 0.293 e. The summed E-state index contributed by atoms with van der Waals surface area (Å²) in [5.74, 6) is 0.814. The van der Waals surface area contributed by atoms with Crippen LogP contribution in [0.3, 0.4) is 0 Å². The molecule has 142 valence electrons. The van der Waals surface area contributed by atoms with Crippen LogP contribution in [0.4, 0.5) is 5.13 Å². The van der Waals surface area contributed by atoms with Crippen molar-refractivity contribution in [3.05, 3.63) is 70.5 Å². The standard InChI is InChI=1S/C21H19N3O2S2/c1-12-5-4-6-15(9-12)11-27-21-24-23-20(28-21)22-19(25)18-14(3)16-10-13(2)7-8-17(16)26-18/h4-10H,11H2,1-3H3,(H,22,23,25). The molecule has 0 aliphatic rings. The molecule has 0 fully saturated rings. The van der Waals surface area contributed by atoms with Gasteiger partial charge in [0, 0.05) is 16.7 Å². The van der Waals surface area contributed by atoms with Gasteiger partial charge in [-0.15, -0.1) is 10.2 Å². The predicted octanol–water partition coefficient (Wildman–Crippen LogP) is 5.75. The molecule has 0 bridgehead atoms. The molecule has 4 aromatic rings. The SMILES string of the molecule is Cc1cccc(CSc2nnc(NC(=O)c3oc4ccc(C)cc4c3C)s2)c1. The first kappa shape index (κ1) is 18.7. The summed E-state index contributed by atoms with van der Waals surface area (Å²) < 4.78 is 6.56. The molecule has 0 unspecified atom stereocenters. The van der Waals surface area contributed by atoms with E-state index in [0.717, 1.165) is 26.6 Å². The van der Waals surface area contributed by atoms with Gasteiger partial charge in [0.15, 0.2) is 10.1 Å². The predicted molar refractivity (Wildman–Crippen MR) is 114 cm³/mol. The zero-order valence-electron chi connectivity index (χ0n) is 15.8. The zero-order chi connectivity index (χ0) is 19.7. The number of hydrogen-bond acceptors (Lipinski definition) is 6. The minimum atomic E-state index is -0.308. The molecule has 28 heavy (non-hydrogen) atoms. The van der Waals surface area contributed by atoms with Gasteiger partial charge < -0.3 is 4.42 Å². The molecule has 7 heteroatoms. The Morgan fingerprint density at radius 2 is 1.93 bits per heavy atom. The van der Waals surface area contributed by atoms with E-state index in [1.807, 2.05) is 38.1 Å². The average Bonchev–Trinajstić information content (AvgIpc) is 3.25. The highest BCUT2D eigenvalue weighted by Crippen LogP contribution is 2.30. The largest absolute Gasteiger partial charge is 0.451 e. The van der Waals surface area contributed by atoms with Crippen LogP contribution in [0.2, 0.25) is 0 Å². The lowest BCUT2D eigenvalue weighted by Crippen LogP contribution is -2.11. The van der Waals surface area contributed by atoms with Gasteiger partial charge in [-0.3, -0.25) is 10.1 Å². The lowest BCUT2D eigenvalue weighted by molar-refractivity contribution is 0.0998. The number of aryl methyl sites for hydroxylation is 3. The van der Waals surface area contributed by atoms with E-state index in [0.29, 0.717) is 16.5 Å². The fraction of sp³-hybridized carbons (Fsp3) is 0.190. The van der Waals surface area contributed by atoms with Crippen LogP contribution in [-0.4, -0.2) is 16.1 Å². The van der Waals surface area contributed by atoms with Crippen molar-refractivity contribution in [3.8, 4) is 0 Å². The van der Waals surface area contributed by atoms with Crippen LogP contribution in [0, 0.1) is 20.8 Å². The summed E-state index contributed by atoms with van der Waals surface area (Å²) in [4.78, 5) is 12.6. The summed E-state index contributed by atoms with van der Waals surface area (Å²) in [6.45, 7) is 5.99. The third kappa shape index (κ3) is 3.95. The molecule has 0 saturated heterocycles. The Morgan fingerprint density at radius 3 is 2.75 bits per heavy atom. The van der Waals surface area contributed by atoms with E-state index in [9.17, 15) is 4.79 Å². The van der Waals surface area contributed by atoms with Crippen molar-refractivity contribution < 1.29 is 9.21 Å². The quantitative estimate of drug-likeness (QED) is 0.335. The van der Waals surface area contributed by atoms with Crippen LogP contribution in [0.5, 0.6) is 0 Å². The second-order valence-corrected chi connectivity index (χ2v) is 8.86. The molecule has 4 rings (SSSR count). The molecule has 1 N–H and O–H groups in total. The summed E-state index contributed by atoms with van der Waals surface area (Å²) >= 11 is 2.97. The Hall–Kier alpha value is -2.64. The Kier molecular flexibility index (Phi) is 5.19. The number of carbonyl (C=O) groups excluding carboxylic acids is 1. The Labute approximate surface area is 171 Å². The van der Waals surface area contributed by atoms with E-state index in [1.54, 1.807) is 11.8 Å². The number of anilines is 1. The molecule has 0 aliphatic heterocycles. The number of amides is 1. The maximum Gasteiger partial charge on any atom is 0.293 e. The molecule has 0 saturated carbocycles. The molecule has 0 aliphatic carbocycles. The Bertz CT molecular complexity index is 1160. The number of benzene rings is 2. The van der Waals surface area contributed by atoms with Gasteiger partial charge in [-0.05, 0) is 38.5 Å². The van der Waals surface area contributed by atoms with Crippen LogP contribution >= 0.6 is 23.1 Å². The van der Waals surface area contributed by atoms with Crippen LogP contribution in [0.25, 0.3) is 11.0 Å². The normalized spacial score (nSPS) is 11.1. The van der Waals surface area contributed by atoms with Gasteiger partial charge in [0.2, 0.25) is 5.13 Å². The van der Waals surface area contributed by atoms with Crippen molar-refractivity contribution in [2.45, 2.75) is 30.9 Å². The van der Waals surface area contributed by atoms with Gasteiger partial charge in [-0.2, -0.15) is 0 Å². The first-order valence-electron chi connectivity index (χ1n) is 8.82. The highest BCUT2D eigenvalue weighted by Gasteiger charge is 2.19. The summed E-state index contributed by atoms with van der Waals surface area (Å²) in [6, 6.07) is 14.3. The highest BCUT2D eigenvalue weighted by molar-refractivity contribution is 8.00. The molecule has 0 atom stereocenters. The van der Waals surface area contributed by atoms with E-state index in [2.05, 4.69) is 40.6 Å². The van der Waals surface area contributed by atoms with Crippen molar-refractivity contribution in [2.75, 3.05) is 5.32 Å². The second kappa shape index (κ2) is 7.77. The first-order valence-corrected chi connectivity index (χ1v) is 10.6. The maximum atomic E-state index is 12.6. The molecule has 5 nitrogen and oxygen atoms in total. The van der Waals surface area contributed by atoms with E-state index in [1.165, 1.54) is 22.5 Å². The lowest BCUT2D eigenvalue weighted by atomic mass is 10.1. The van der Waals surface area contributed by atoms with Gasteiger partial charge in [0.1, 0.15) is 5.58 Å². The third-order valence-corrected chi connectivity index (χ3v) is 6.41. The van der Waals surface area contributed by atoms with Gasteiger partial charge in [0.25, 0.3) is 5.91 Å². The monoisotopic (exact) mass is 409 g/mol. The van der Waals surface area contributed by atoms with Crippen LogP contribution in [-0.2, 0) is 5.75 Å². The van der Waals surface area contributed by atoms with Gasteiger partial charge >= 0.3 is 0 Å². The number of nitrogens with one attached hydrogen (secondary N) is 1. The van der Waals surface area contributed by atoms with Gasteiger partial charge in [-0.1, -0.05) is 64.6 Å².